The number of carbonyl (C=O) groups excluding carboxylic acids is 6. The second-order valence-electron chi connectivity index (χ2n) is 18.4. The highest BCUT2D eigenvalue weighted by Crippen LogP contribution is 2.25. The van der Waals surface area contributed by atoms with E-state index in [-0.39, 0.29) is 47.3 Å². The van der Waals surface area contributed by atoms with Crippen LogP contribution in [0.5, 0.6) is 0 Å². The molecule has 60 heavy (non-hydrogen) atoms. The maximum Gasteiger partial charge on any atom is 0.408 e. The lowest BCUT2D eigenvalue weighted by Gasteiger charge is -2.35. The number of benzene rings is 1. The summed E-state index contributed by atoms with van der Waals surface area (Å²) in [4.78, 5) is 86.1. The monoisotopic (exact) mass is 831 g/mol. The molecular formula is C47H70N6O7. The third kappa shape index (κ3) is 14.8. The Labute approximate surface area is 357 Å². The van der Waals surface area contributed by atoms with Crippen LogP contribution < -0.4 is 16.0 Å². The fraction of sp³-hybridized carbons (Fsp3) is 0.617. The van der Waals surface area contributed by atoms with Crippen LogP contribution in [0.2, 0.25) is 0 Å². The van der Waals surface area contributed by atoms with Crippen molar-refractivity contribution in [1.29, 1.82) is 0 Å². The molecule has 13 nitrogen and oxygen atoms in total. The van der Waals surface area contributed by atoms with Crippen LogP contribution in [0, 0.1) is 11.8 Å². The van der Waals surface area contributed by atoms with Gasteiger partial charge >= 0.3 is 6.09 Å². The van der Waals surface area contributed by atoms with Gasteiger partial charge in [0, 0.05) is 62.0 Å². The molecular weight excluding hydrogens is 761 g/mol. The van der Waals surface area contributed by atoms with Crippen LogP contribution in [-0.4, -0.2) is 126 Å². The molecule has 0 radical (unpaired) electrons. The van der Waals surface area contributed by atoms with Crippen molar-refractivity contribution >= 4 is 35.4 Å². The number of likely N-dealkylation sites (tertiary alicyclic amines) is 1. The summed E-state index contributed by atoms with van der Waals surface area (Å²) in [6.07, 6.45) is 8.01. The number of hydrogen-bond donors (Lipinski definition) is 3. The molecule has 2 fully saturated rings. The minimum atomic E-state index is -0.768. The summed E-state index contributed by atoms with van der Waals surface area (Å²) < 4.78 is 5.53. The van der Waals surface area contributed by atoms with Gasteiger partial charge in [0.05, 0.1) is 12.0 Å². The number of rotatable bonds is 18. The van der Waals surface area contributed by atoms with Gasteiger partial charge < -0.3 is 30.5 Å². The predicted octanol–water partition coefficient (Wildman–Crippen LogP) is 5.15. The van der Waals surface area contributed by atoms with Crippen LogP contribution in [0.1, 0.15) is 100.0 Å². The summed E-state index contributed by atoms with van der Waals surface area (Å²) >= 11 is 0. The number of ether oxygens (including phenoxy) is 1. The van der Waals surface area contributed by atoms with E-state index in [4.69, 9.17) is 4.74 Å². The summed E-state index contributed by atoms with van der Waals surface area (Å²) in [7, 11) is 0. The molecule has 1 aliphatic carbocycles. The molecule has 4 atom stereocenters. The maximum atomic E-state index is 14.5. The van der Waals surface area contributed by atoms with E-state index in [1.165, 1.54) is 6.08 Å². The average molecular weight is 831 g/mol. The maximum absolute atomic E-state index is 14.5. The molecule has 0 spiro atoms. The summed E-state index contributed by atoms with van der Waals surface area (Å²) in [6.45, 7) is 21.4. The summed E-state index contributed by atoms with van der Waals surface area (Å²) in [5.41, 5.74) is 1.89. The van der Waals surface area contributed by atoms with Gasteiger partial charge in [-0.2, -0.15) is 0 Å². The zero-order valence-electron chi connectivity index (χ0n) is 37.5. The molecule has 2 saturated heterocycles. The number of allylic oxidation sites excluding steroid dienone is 3. The van der Waals surface area contributed by atoms with Crippen molar-refractivity contribution in [3.05, 3.63) is 70.8 Å². The summed E-state index contributed by atoms with van der Waals surface area (Å²) in [6, 6.07) is 7.78. The first-order valence-corrected chi connectivity index (χ1v) is 21.9. The van der Waals surface area contributed by atoms with E-state index in [2.05, 4.69) is 39.6 Å². The second-order valence-corrected chi connectivity index (χ2v) is 18.4. The molecule has 330 valence electrons. The van der Waals surface area contributed by atoms with Crippen LogP contribution in [0.25, 0.3) is 0 Å². The fourth-order valence-corrected chi connectivity index (χ4v) is 7.94. The molecule has 0 bridgehead atoms. The number of alkyl carbamates (subject to hydrolysis) is 1. The number of ketones is 2. The van der Waals surface area contributed by atoms with Gasteiger partial charge in [-0.15, -0.1) is 0 Å². The van der Waals surface area contributed by atoms with E-state index in [1.807, 2.05) is 77.1 Å². The lowest BCUT2D eigenvalue weighted by Crippen LogP contribution is -2.54. The number of carbonyl (C=O) groups is 6. The van der Waals surface area contributed by atoms with Crippen LogP contribution >= 0.6 is 0 Å². The van der Waals surface area contributed by atoms with Crippen molar-refractivity contribution in [3.8, 4) is 0 Å². The zero-order chi connectivity index (χ0) is 44.1. The molecule has 2 aliphatic heterocycles. The number of Topliss-reactive ketones (excluding diaryl/α,β-unsaturated/α-hetero) is 1. The van der Waals surface area contributed by atoms with Gasteiger partial charge in [-0.3, -0.25) is 28.9 Å². The van der Waals surface area contributed by atoms with Gasteiger partial charge in [0.1, 0.15) is 17.7 Å². The van der Waals surface area contributed by atoms with E-state index < -0.39 is 29.7 Å². The van der Waals surface area contributed by atoms with Gasteiger partial charge in [-0.25, -0.2) is 4.79 Å². The molecule has 3 aliphatic rings. The van der Waals surface area contributed by atoms with E-state index in [1.54, 1.807) is 18.7 Å². The first-order valence-electron chi connectivity index (χ1n) is 21.9. The highest BCUT2D eigenvalue weighted by Gasteiger charge is 2.38. The number of nitrogens with one attached hydrogen (secondary N) is 3. The van der Waals surface area contributed by atoms with Gasteiger partial charge in [0.25, 0.3) is 0 Å². The minimum Gasteiger partial charge on any atom is -0.444 e. The largest absolute Gasteiger partial charge is 0.444 e. The molecule has 0 saturated carbocycles. The number of amides is 4. The van der Waals surface area contributed by atoms with E-state index >= 15 is 0 Å². The van der Waals surface area contributed by atoms with Crippen molar-refractivity contribution < 1.29 is 33.5 Å². The smallest absolute Gasteiger partial charge is 0.408 e. The lowest BCUT2D eigenvalue weighted by molar-refractivity contribution is -0.141. The Balaban J connectivity index is 1.40. The van der Waals surface area contributed by atoms with Gasteiger partial charge in [0.2, 0.25) is 17.7 Å². The normalized spacial score (nSPS) is 19.8. The molecule has 13 heteroatoms. The third-order valence-corrected chi connectivity index (χ3v) is 11.2. The molecule has 4 amide bonds. The second kappa shape index (κ2) is 22.3. The third-order valence-electron chi connectivity index (χ3n) is 11.2. The highest BCUT2D eigenvalue weighted by molar-refractivity contribution is 6.22. The van der Waals surface area contributed by atoms with Crippen molar-refractivity contribution in [1.82, 2.24) is 30.7 Å². The summed E-state index contributed by atoms with van der Waals surface area (Å²) in [5.74, 6) is -1.25. The van der Waals surface area contributed by atoms with E-state index in [0.29, 0.717) is 68.3 Å². The lowest BCUT2D eigenvalue weighted by atomic mass is 9.91. The Kier molecular flexibility index (Phi) is 17.8. The predicted molar refractivity (Wildman–Crippen MR) is 234 cm³/mol. The van der Waals surface area contributed by atoms with E-state index in [9.17, 15) is 28.8 Å². The number of hydrogen-bond acceptors (Lipinski definition) is 9. The SMILES string of the molecule is CC1=C(C)C(=O)C(CN2CCN(CCC[C@H](NC(=O)[C@@H]3CCCN3C(=O)[C@H](/C=C/[C@H](CC(C)C)NC(=O)OC(C)(C)C)Cc3ccccc3)C(=O)NC(C)C)CC2)=CC1=O. The number of piperazine rings is 1. The number of nitrogens with zero attached hydrogens (tertiary/aromatic N) is 3. The van der Waals surface area contributed by atoms with Gasteiger partial charge in [0.15, 0.2) is 11.6 Å². The van der Waals surface area contributed by atoms with Crippen molar-refractivity contribution in [3.63, 3.8) is 0 Å². The van der Waals surface area contributed by atoms with Crippen LogP contribution in [0.3, 0.4) is 0 Å². The Morgan fingerprint density at radius 1 is 0.867 bits per heavy atom. The standard InChI is InChI=1S/C47H70N6O7/c1-31(2)27-38(49-46(59)60-47(7,8)9)20-19-36(28-35-15-11-10-12-16-35)45(58)53-22-14-18-40(53)44(57)50-39(43(56)48-32(3)4)17-13-21-51-23-25-52(26-24-51)30-37-29-41(54)33(5)34(6)42(37)55/h10-12,15-16,19-20,29,31-32,36,38-40H,13-14,17-18,21-28,30H2,1-9H3,(H,48,56)(H,49,59)(H,50,57)/b20-19+/t36-,38-,39+,40+/m1/s1. The first-order chi connectivity index (χ1) is 28.3. The summed E-state index contributed by atoms with van der Waals surface area (Å²) in [5, 5.41) is 8.96. The van der Waals surface area contributed by atoms with E-state index in [0.717, 1.165) is 38.3 Å². The van der Waals surface area contributed by atoms with Crippen molar-refractivity contribution in [2.75, 3.05) is 45.8 Å². The van der Waals surface area contributed by atoms with Gasteiger partial charge in [-0.05, 0) is 111 Å². The average Bonchev–Trinajstić information content (AvgIpc) is 3.67. The molecule has 0 unspecified atom stereocenters. The molecule has 1 aromatic carbocycles. The van der Waals surface area contributed by atoms with Crippen LogP contribution in [-0.2, 0) is 35.1 Å². The molecule has 0 aromatic heterocycles. The first kappa shape index (κ1) is 48.1. The van der Waals surface area contributed by atoms with Crippen LogP contribution in [0.4, 0.5) is 4.79 Å². The minimum absolute atomic E-state index is 0.0591. The fourth-order valence-electron chi connectivity index (χ4n) is 7.94. The van der Waals surface area contributed by atoms with Crippen molar-refractivity contribution in [2.24, 2.45) is 11.8 Å². The Morgan fingerprint density at radius 3 is 2.17 bits per heavy atom. The topological polar surface area (TPSA) is 157 Å². The van der Waals surface area contributed by atoms with Crippen LogP contribution in [0.15, 0.2) is 65.3 Å². The highest BCUT2D eigenvalue weighted by atomic mass is 16.6. The van der Waals surface area contributed by atoms with Gasteiger partial charge in [-0.1, -0.05) is 56.3 Å². The quantitative estimate of drug-likeness (QED) is 0.135. The Hall–Kier alpha value is -4.62. The Bertz CT molecular complexity index is 1770. The zero-order valence-corrected chi connectivity index (χ0v) is 37.5. The molecule has 2 heterocycles. The molecule has 1 aromatic rings. The molecule has 3 N–H and O–H groups in total. The van der Waals surface area contributed by atoms with Crippen molar-refractivity contribution in [2.45, 2.75) is 131 Å². The Morgan fingerprint density at radius 2 is 1.53 bits per heavy atom. The molecule has 4 rings (SSSR count).